The molecule has 17 heavy (non-hydrogen) atoms. The van der Waals surface area contributed by atoms with Gasteiger partial charge in [-0.25, -0.2) is 0 Å². The fraction of sp³-hybridized carbons (Fsp3) is 0.500. The molecule has 1 aromatic carbocycles. The minimum absolute atomic E-state index is 0.723. The second kappa shape index (κ2) is 7.83. The van der Waals surface area contributed by atoms with Crippen LogP contribution in [0.1, 0.15) is 25.0 Å². The summed E-state index contributed by atoms with van der Waals surface area (Å²) in [6.45, 7) is 8.61. The number of morpholine rings is 1. The van der Waals surface area contributed by atoms with E-state index in [2.05, 4.69) is 11.0 Å². The van der Waals surface area contributed by atoms with Gasteiger partial charge in [-0.05, 0) is 17.7 Å². The van der Waals surface area contributed by atoms with Gasteiger partial charge in [-0.2, -0.15) is 5.26 Å². The molecule has 1 heterocycles. The maximum absolute atomic E-state index is 8.67. The SMILES string of the molecule is CC.N#Cc1ccc(CN2CCOCC2)cc1. The highest BCUT2D eigenvalue weighted by Gasteiger charge is 2.10. The minimum atomic E-state index is 0.723. The lowest BCUT2D eigenvalue weighted by molar-refractivity contribution is 0.0342. The van der Waals surface area contributed by atoms with E-state index < -0.39 is 0 Å². The summed E-state index contributed by atoms with van der Waals surface area (Å²) in [6.07, 6.45) is 0. The number of hydrogen-bond donors (Lipinski definition) is 0. The van der Waals surface area contributed by atoms with Gasteiger partial charge in [0.1, 0.15) is 0 Å². The first-order chi connectivity index (χ1) is 8.38. The van der Waals surface area contributed by atoms with Gasteiger partial charge in [0.2, 0.25) is 0 Å². The topological polar surface area (TPSA) is 36.3 Å². The Morgan fingerprint density at radius 1 is 1.18 bits per heavy atom. The summed E-state index contributed by atoms with van der Waals surface area (Å²) in [5.41, 5.74) is 1.98. The molecule has 1 saturated heterocycles. The van der Waals surface area contributed by atoms with Crippen LogP contribution in [0.3, 0.4) is 0 Å². The fourth-order valence-corrected chi connectivity index (χ4v) is 1.70. The highest BCUT2D eigenvalue weighted by Crippen LogP contribution is 2.08. The number of ether oxygens (including phenoxy) is 1. The van der Waals surface area contributed by atoms with Crippen LogP contribution in [0.4, 0.5) is 0 Å². The third-order valence-electron chi connectivity index (χ3n) is 2.59. The van der Waals surface area contributed by atoms with Crippen molar-refractivity contribution in [3.05, 3.63) is 35.4 Å². The Balaban J connectivity index is 0.000000686. The molecule has 3 nitrogen and oxygen atoms in total. The average Bonchev–Trinajstić information content (AvgIpc) is 2.43. The lowest BCUT2D eigenvalue weighted by Gasteiger charge is -2.26. The van der Waals surface area contributed by atoms with E-state index >= 15 is 0 Å². The number of nitrogens with zero attached hydrogens (tertiary/aromatic N) is 2. The zero-order valence-electron chi connectivity index (χ0n) is 10.6. The number of hydrogen-bond acceptors (Lipinski definition) is 3. The van der Waals surface area contributed by atoms with E-state index in [9.17, 15) is 0 Å². The van der Waals surface area contributed by atoms with Gasteiger partial charge in [-0.15, -0.1) is 0 Å². The Morgan fingerprint density at radius 2 is 1.76 bits per heavy atom. The van der Waals surface area contributed by atoms with Crippen LogP contribution in [0.5, 0.6) is 0 Å². The molecule has 0 bridgehead atoms. The standard InChI is InChI=1S/C12H14N2O.C2H6/c13-9-11-1-3-12(4-2-11)10-14-5-7-15-8-6-14;1-2/h1-4H,5-8,10H2;1-2H3. The third kappa shape index (κ3) is 4.56. The van der Waals surface area contributed by atoms with E-state index in [-0.39, 0.29) is 0 Å². The molecular formula is C14H20N2O. The highest BCUT2D eigenvalue weighted by atomic mass is 16.5. The predicted molar refractivity (Wildman–Crippen MR) is 68.6 cm³/mol. The molecule has 0 spiro atoms. The molecule has 3 heteroatoms. The van der Waals surface area contributed by atoms with Crippen LogP contribution >= 0.6 is 0 Å². The summed E-state index contributed by atoms with van der Waals surface area (Å²) < 4.78 is 5.29. The molecule has 1 aliphatic rings. The largest absolute Gasteiger partial charge is 0.379 e. The van der Waals surface area contributed by atoms with Gasteiger partial charge in [-0.3, -0.25) is 4.90 Å². The van der Waals surface area contributed by atoms with Crippen molar-refractivity contribution in [2.24, 2.45) is 0 Å². The second-order valence-corrected chi connectivity index (χ2v) is 3.70. The monoisotopic (exact) mass is 232 g/mol. The second-order valence-electron chi connectivity index (χ2n) is 3.70. The first-order valence-electron chi connectivity index (χ1n) is 6.17. The molecule has 0 atom stereocenters. The fourth-order valence-electron chi connectivity index (χ4n) is 1.70. The summed E-state index contributed by atoms with van der Waals surface area (Å²) in [5.74, 6) is 0. The molecular weight excluding hydrogens is 212 g/mol. The normalized spacial score (nSPS) is 15.6. The molecule has 92 valence electrons. The lowest BCUT2D eigenvalue weighted by atomic mass is 10.1. The molecule has 0 aromatic heterocycles. The third-order valence-corrected chi connectivity index (χ3v) is 2.59. The number of rotatable bonds is 2. The summed E-state index contributed by atoms with van der Waals surface area (Å²) in [5, 5.41) is 8.67. The first-order valence-corrected chi connectivity index (χ1v) is 6.17. The van der Waals surface area contributed by atoms with Crippen molar-refractivity contribution >= 4 is 0 Å². The van der Waals surface area contributed by atoms with Gasteiger partial charge in [0.15, 0.2) is 0 Å². The van der Waals surface area contributed by atoms with Gasteiger partial charge in [0.25, 0.3) is 0 Å². The summed E-state index contributed by atoms with van der Waals surface area (Å²) in [6, 6.07) is 9.91. The molecule has 2 rings (SSSR count). The quantitative estimate of drug-likeness (QED) is 0.785. The van der Waals surface area contributed by atoms with Crippen molar-refractivity contribution in [1.82, 2.24) is 4.90 Å². The van der Waals surface area contributed by atoms with E-state index in [1.807, 2.05) is 38.1 Å². The highest BCUT2D eigenvalue weighted by molar-refractivity contribution is 5.31. The van der Waals surface area contributed by atoms with Crippen molar-refractivity contribution in [2.45, 2.75) is 20.4 Å². The molecule has 0 aliphatic carbocycles. The number of benzene rings is 1. The maximum atomic E-state index is 8.67. The van der Waals surface area contributed by atoms with Crippen molar-refractivity contribution in [1.29, 1.82) is 5.26 Å². The molecule has 0 radical (unpaired) electrons. The summed E-state index contributed by atoms with van der Waals surface area (Å²) in [4.78, 5) is 2.37. The van der Waals surface area contributed by atoms with E-state index in [4.69, 9.17) is 10.00 Å². The van der Waals surface area contributed by atoms with Gasteiger partial charge in [0.05, 0.1) is 24.8 Å². The van der Waals surface area contributed by atoms with Crippen LogP contribution in [0.2, 0.25) is 0 Å². The Hall–Kier alpha value is -1.37. The zero-order valence-corrected chi connectivity index (χ0v) is 10.6. The van der Waals surface area contributed by atoms with Crippen LogP contribution in [-0.2, 0) is 11.3 Å². The van der Waals surface area contributed by atoms with Gasteiger partial charge < -0.3 is 4.74 Å². The van der Waals surface area contributed by atoms with Crippen LogP contribution < -0.4 is 0 Å². The van der Waals surface area contributed by atoms with Crippen LogP contribution in [0.15, 0.2) is 24.3 Å². The molecule has 1 fully saturated rings. The van der Waals surface area contributed by atoms with Gasteiger partial charge in [-0.1, -0.05) is 26.0 Å². The molecule has 0 unspecified atom stereocenters. The predicted octanol–water partition coefficient (Wildman–Crippen LogP) is 2.42. The first kappa shape index (κ1) is 13.7. The van der Waals surface area contributed by atoms with Crippen LogP contribution in [0.25, 0.3) is 0 Å². The van der Waals surface area contributed by atoms with E-state index in [1.165, 1.54) is 5.56 Å². The summed E-state index contributed by atoms with van der Waals surface area (Å²) >= 11 is 0. The van der Waals surface area contributed by atoms with Crippen molar-refractivity contribution in [3.63, 3.8) is 0 Å². The Labute approximate surface area is 104 Å². The average molecular weight is 232 g/mol. The molecule has 0 N–H and O–H groups in total. The minimum Gasteiger partial charge on any atom is -0.379 e. The van der Waals surface area contributed by atoms with Gasteiger partial charge >= 0.3 is 0 Å². The van der Waals surface area contributed by atoms with Crippen molar-refractivity contribution in [3.8, 4) is 6.07 Å². The smallest absolute Gasteiger partial charge is 0.0991 e. The number of nitriles is 1. The zero-order chi connectivity index (χ0) is 12.5. The molecule has 1 aromatic rings. The van der Waals surface area contributed by atoms with Crippen LogP contribution in [-0.4, -0.2) is 31.2 Å². The Morgan fingerprint density at radius 3 is 2.29 bits per heavy atom. The lowest BCUT2D eigenvalue weighted by Crippen LogP contribution is -2.35. The summed E-state index contributed by atoms with van der Waals surface area (Å²) in [7, 11) is 0. The molecule has 0 saturated carbocycles. The van der Waals surface area contributed by atoms with Gasteiger partial charge in [0, 0.05) is 19.6 Å². The van der Waals surface area contributed by atoms with Crippen molar-refractivity contribution in [2.75, 3.05) is 26.3 Å². The van der Waals surface area contributed by atoms with E-state index in [0.29, 0.717) is 0 Å². The maximum Gasteiger partial charge on any atom is 0.0991 e. The Kier molecular flexibility index (Phi) is 6.31. The molecule has 0 amide bonds. The van der Waals surface area contributed by atoms with Crippen molar-refractivity contribution < 1.29 is 4.74 Å². The van der Waals surface area contributed by atoms with E-state index in [0.717, 1.165) is 38.4 Å². The molecule has 1 aliphatic heterocycles. The van der Waals surface area contributed by atoms with Crippen LogP contribution in [0, 0.1) is 11.3 Å². The Bertz CT molecular complexity index is 347. The van der Waals surface area contributed by atoms with E-state index in [1.54, 1.807) is 0 Å².